The number of ether oxygens (including phenoxy) is 1. The Morgan fingerprint density at radius 3 is 2.61 bits per heavy atom. The van der Waals surface area contributed by atoms with Gasteiger partial charge in [0.1, 0.15) is 18.3 Å². The van der Waals surface area contributed by atoms with Crippen molar-refractivity contribution in [3.8, 4) is 0 Å². The van der Waals surface area contributed by atoms with E-state index in [4.69, 9.17) is 9.15 Å². The molecule has 0 spiro atoms. The minimum atomic E-state index is -0.699. The summed E-state index contributed by atoms with van der Waals surface area (Å²) in [5, 5.41) is 5.39. The fraction of sp³-hybridized carbons (Fsp3) is 0.409. The third-order valence-corrected chi connectivity index (χ3v) is 4.98. The molecule has 2 aromatic rings. The van der Waals surface area contributed by atoms with Gasteiger partial charge in [-0.25, -0.2) is 4.79 Å². The number of nitrogens with zero attached hydrogens (tertiary/aromatic N) is 2. The molecule has 0 bridgehead atoms. The second kappa shape index (κ2) is 11.2. The molecular weight excluding hydrogens is 400 g/mol. The van der Waals surface area contributed by atoms with Gasteiger partial charge in [-0.05, 0) is 24.6 Å². The van der Waals surface area contributed by atoms with Crippen LogP contribution in [0, 0.1) is 0 Å². The van der Waals surface area contributed by atoms with Crippen LogP contribution in [0.2, 0.25) is 0 Å². The predicted octanol–water partition coefficient (Wildman–Crippen LogP) is 1.35. The van der Waals surface area contributed by atoms with Crippen LogP contribution in [-0.2, 0) is 27.4 Å². The molecule has 1 aliphatic rings. The van der Waals surface area contributed by atoms with Gasteiger partial charge in [-0.2, -0.15) is 0 Å². The van der Waals surface area contributed by atoms with E-state index in [1.165, 1.54) is 4.90 Å². The number of carbonyl (C=O) groups is 3. The number of hydrogen-bond acceptors (Lipinski definition) is 6. The third kappa shape index (κ3) is 6.58. The van der Waals surface area contributed by atoms with Gasteiger partial charge in [0.25, 0.3) is 0 Å². The first-order valence-corrected chi connectivity index (χ1v) is 10.3. The van der Waals surface area contributed by atoms with E-state index >= 15 is 0 Å². The van der Waals surface area contributed by atoms with Crippen molar-refractivity contribution in [2.24, 2.45) is 0 Å². The summed E-state index contributed by atoms with van der Waals surface area (Å²) < 4.78 is 10.1. The van der Waals surface area contributed by atoms with Gasteiger partial charge in [-0.15, -0.1) is 0 Å². The lowest BCUT2D eigenvalue weighted by Gasteiger charge is -2.40. The highest BCUT2D eigenvalue weighted by atomic mass is 16.5. The molecule has 9 nitrogen and oxygen atoms in total. The highest BCUT2D eigenvalue weighted by Gasteiger charge is 2.35. The number of carbonyl (C=O) groups excluding carboxylic acids is 3. The maximum Gasteiger partial charge on any atom is 0.325 e. The zero-order chi connectivity index (χ0) is 22.1. The zero-order valence-corrected chi connectivity index (χ0v) is 17.6. The lowest BCUT2D eigenvalue weighted by molar-refractivity contribution is -0.141. The number of nitrogens with one attached hydrogen (secondary N) is 2. The Morgan fingerprint density at radius 2 is 1.90 bits per heavy atom. The summed E-state index contributed by atoms with van der Waals surface area (Å²) in [6.07, 6.45) is 1.54. The lowest BCUT2D eigenvalue weighted by atomic mass is 10.1. The van der Waals surface area contributed by atoms with E-state index in [0.717, 1.165) is 5.56 Å². The quantitative estimate of drug-likeness (QED) is 0.615. The molecular formula is C22H28N4O5. The molecule has 2 heterocycles. The van der Waals surface area contributed by atoms with Gasteiger partial charge < -0.3 is 24.7 Å². The van der Waals surface area contributed by atoms with Crippen LogP contribution in [0.15, 0.2) is 53.1 Å². The standard InChI is InChI=1S/C22H28N4O5/c1-2-30-20(27)14-24-22(29)26-11-10-25(15-17-7-4-3-5-8-17)16-19(26)21(28)23-13-18-9-6-12-31-18/h3-9,12,19H,2,10-11,13-16H2,1H3,(H,23,28)(H,24,29). The number of piperazine rings is 1. The van der Waals surface area contributed by atoms with Gasteiger partial charge in [0.2, 0.25) is 5.91 Å². The van der Waals surface area contributed by atoms with Crippen molar-refractivity contribution in [1.29, 1.82) is 0 Å². The topological polar surface area (TPSA) is 104 Å². The number of urea groups is 1. The van der Waals surface area contributed by atoms with Crippen LogP contribution in [0.4, 0.5) is 4.79 Å². The summed E-state index contributed by atoms with van der Waals surface area (Å²) in [5.74, 6) is -0.165. The van der Waals surface area contributed by atoms with Crippen molar-refractivity contribution in [3.63, 3.8) is 0 Å². The maximum atomic E-state index is 13.0. The van der Waals surface area contributed by atoms with Crippen LogP contribution in [0.3, 0.4) is 0 Å². The van der Waals surface area contributed by atoms with Crippen LogP contribution >= 0.6 is 0 Å². The van der Waals surface area contributed by atoms with Crippen LogP contribution in [0.5, 0.6) is 0 Å². The minimum Gasteiger partial charge on any atom is -0.467 e. The Kier molecular flexibility index (Phi) is 8.05. The average molecular weight is 428 g/mol. The third-order valence-electron chi connectivity index (χ3n) is 4.98. The first-order valence-electron chi connectivity index (χ1n) is 10.3. The Morgan fingerprint density at radius 1 is 1.10 bits per heavy atom. The summed E-state index contributed by atoms with van der Waals surface area (Å²) in [7, 11) is 0. The number of hydrogen-bond donors (Lipinski definition) is 2. The molecule has 1 unspecified atom stereocenters. The molecule has 1 aromatic heterocycles. The largest absolute Gasteiger partial charge is 0.467 e. The number of benzene rings is 1. The van der Waals surface area contributed by atoms with Crippen molar-refractivity contribution >= 4 is 17.9 Å². The van der Waals surface area contributed by atoms with Crippen LogP contribution < -0.4 is 10.6 Å². The average Bonchev–Trinajstić information content (AvgIpc) is 3.30. The predicted molar refractivity (Wildman–Crippen MR) is 113 cm³/mol. The number of rotatable bonds is 8. The molecule has 3 rings (SSSR count). The van der Waals surface area contributed by atoms with E-state index in [1.807, 2.05) is 30.3 Å². The van der Waals surface area contributed by atoms with Gasteiger partial charge in [0.05, 0.1) is 19.4 Å². The molecule has 1 aromatic carbocycles. The highest BCUT2D eigenvalue weighted by Crippen LogP contribution is 2.14. The van der Waals surface area contributed by atoms with Crippen LogP contribution in [-0.4, -0.2) is 66.5 Å². The molecule has 1 aliphatic heterocycles. The molecule has 0 radical (unpaired) electrons. The second-order valence-electron chi connectivity index (χ2n) is 7.19. The summed E-state index contributed by atoms with van der Waals surface area (Å²) in [6, 6.07) is 12.3. The van der Waals surface area contributed by atoms with Crippen molar-refractivity contribution in [3.05, 3.63) is 60.1 Å². The molecule has 0 saturated carbocycles. The lowest BCUT2D eigenvalue weighted by Crippen LogP contribution is -2.62. The van der Waals surface area contributed by atoms with E-state index in [1.54, 1.807) is 25.3 Å². The summed E-state index contributed by atoms with van der Waals surface area (Å²) in [4.78, 5) is 40.9. The first-order chi connectivity index (χ1) is 15.1. The molecule has 1 saturated heterocycles. The zero-order valence-electron chi connectivity index (χ0n) is 17.6. The second-order valence-corrected chi connectivity index (χ2v) is 7.19. The van der Waals surface area contributed by atoms with Crippen molar-refractivity contribution < 1.29 is 23.5 Å². The van der Waals surface area contributed by atoms with E-state index in [9.17, 15) is 14.4 Å². The van der Waals surface area contributed by atoms with E-state index < -0.39 is 18.0 Å². The fourth-order valence-electron chi connectivity index (χ4n) is 3.46. The number of esters is 1. The first kappa shape index (κ1) is 22.4. The molecule has 166 valence electrons. The molecule has 2 N–H and O–H groups in total. The van der Waals surface area contributed by atoms with Gasteiger partial charge in [0, 0.05) is 26.2 Å². The Hall–Kier alpha value is -3.33. The van der Waals surface area contributed by atoms with Gasteiger partial charge in [0.15, 0.2) is 0 Å². The van der Waals surface area contributed by atoms with Crippen LogP contribution in [0.1, 0.15) is 18.2 Å². The molecule has 3 amide bonds. The molecule has 0 aliphatic carbocycles. The minimum absolute atomic E-state index is 0.235. The van der Waals surface area contributed by atoms with Crippen molar-refractivity contribution in [2.45, 2.75) is 26.1 Å². The molecule has 9 heteroatoms. The summed E-state index contributed by atoms with van der Waals surface area (Å²) in [6.45, 7) is 3.98. The van der Waals surface area contributed by atoms with Crippen LogP contribution in [0.25, 0.3) is 0 Å². The SMILES string of the molecule is CCOC(=O)CNC(=O)N1CCN(Cc2ccccc2)CC1C(=O)NCc1ccco1. The van der Waals surface area contributed by atoms with E-state index in [2.05, 4.69) is 15.5 Å². The van der Waals surface area contributed by atoms with Crippen molar-refractivity contribution in [1.82, 2.24) is 20.4 Å². The number of amides is 3. The Balaban J connectivity index is 1.65. The van der Waals surface area contributed by atoms with Crippen molar-refractivity contribution in [2.75, 3.05) is 32.8 Å². The molecule has 1 fully saturated rings. The summed E-state index contributed by atoms with van der Waals surface area (Å²) >= 11 is 0. The maximum absolute atomic E-state index is 13.0. The molecule has 1 atom stereocenters. The van der Waals surface area contributed by atoms with Gasteiger partial charge in [-0.3, -0.25) is 14.5 Å². The Bertz CT molecular complexity index is 856. The smallest absolute Gasteiger partial charge is 0.325 e. The van der Waals surface area contributed by atoms with Gasteiger partial charge >= 0.3 is 12.0 Å². The highest BCUT2D eigenvalue weighted by molar-refractivity contribution is 5.88. The fourth-order valence-corrected chi connectivity index (χ4v) is 3.46. The monoisotopic (exact) mass is 428 g/mol. The number of furan rings is 1. The van der Waals surface area contributed by atoms with E-state index in [0.29, 0.717) is 31.9 Å². The molecule has 31 heavy (non-hydrogen) atoms. The van der Waals surface area contributed by atoms with Gasteiger partial charge in [-0.1, -0.05) is 30.3 Å². The summed E-state index contributed by atoms with van der Waals surface area (Å²) in [5.41, 5.74) is 1.14. The Labute approximate surface area is 181 Å². The normalized spacial score (nSPS) is 16.5. The van der Waals surface area contributed by atoms with E-state index in [-0.39, 0.29) is 25.6 Å².